The molecule has 1 aliphatic rings. The zero-order valence-electron chi connectivity index (χ0n) is 8.74. The van der Waals surface area contributed by atoms with Crippen LogP contribution in [0.5, 0.6) is 0 Å². The van der Waals surface area contributed by atoms with Crippen LogP contribution in [0.4, 0.5) is 0 Å². The van der Waals surface area contributed by atoms with Crippen molar-refractivity contribution in [1.29, 1.82) is 0 Å². The average molecular weight is 200 g/mol. The van der Waals surface area contributed by atoms with Gasteiger partial charge in [-0.3, -0.25) is 0 Å². The first-order valence-electron chi connectivity index (χ1n) is 5.35. The number of rotatable bonds is 10. The van der Waals surface area contributed by atoms with Crippen molar-refractivity contribution in [2.75, 3.05) is 26.4 Å². The Bertz CT molecular complexity index is 143. The topological polar surface area (TPSA) is 31.0 Å². The number of unbranched alkanes of at least 4 members (excludes halogenated alkanes) is 3. The molecule has 0 amide bonds. The monoisotopic (exact) mass is 200 g/mol. The van der Waals surface area contributed by atoms with Crippen molar-refractivity contribution in [2.45, 2.75) is 31.8 Å². The van der Waals surface area contributed by atoms with E-state index in [9.17, 15) is 0 Å². The van der Waals surface area contributed by atoms with E-state index in [2.05, 4.69) is 6.58 Å². The predicted molar refractivity (Wildman–Crippen MR) is 55.2 cm³/mol. The first-order valence-corrected chi connectivity index (χ1v) is 5.35. The molecule has 0 aromatic carbocycles. The molecular weight excluding hydrogens is 180 g/mol. The van der Waals surface area contributed by atoms with Crippen LogP contribution in [0.3, 0.4) is 0 Å². The van der Waals surface area contributed by atoms with Crippen LogP contribution in [0.2, 0.25) is 0 Å². The molecule has 0 aliphatic carbocycles. The minimum Gasteiger partial charge on any atom is -0.502 e. The van der Waals surface area contributed by atoms with Gasteiger partial charge in [-0.05, 0) is 19.3 Å². The van der Waals surface area contributed by atoms with Gasteiger partial charge >= 0.3 is 0 Å². The van der Waals surface area contributed by atoms with Gasteiger partial charge in [-0.1, -0.05) is 13.0 Å². The van der Waals surface area contributed by atoms with Crippen LogP contribution in [0.1, 0.15) is 25.7 Å². The van der Waals surface area contributed by atoms with Crippen molar-refractivity contribution < 1.29 is 14.2 Å². The fraction of sp³-hybridized carbons (Fsp3) is 0.818. The van der Waals surface area contributed by atoms with Crippen molar-refractivity contribution in [3.05, 3.63) is 12.8 Å². The van der Waals surface area contributed by atoms with Gasteiger partial charge in [0.25, 0.3) is 0 Å². The van der Waals surface area contributed by atoms with E-state index in [1.54, 1.807) is 0 Å². The van der Waals surface area contributed by atoms with E-state index in [1.807, 2.05) is 0 Å². The molecule has 1 atom stereocenters. The van der Waals surface area contributed by atoms with Gasteiger partial charge in [0.1, 0.15) is 6.10 Å². The maximum Gasteiger partial charge on any atom is 0.104 e. The Balaban J connectivity index is 1.64. The molecule has 0 spiro atoms. The Morgan fingerprint density at radius 2 is 1.93 bits per heavy atom. The average Bonchev–Trinajstić information content (AvgIpc) is 2.99. The van der Waals surface area contributed by atoms with Crippen LogP contribution in [0, 0.1) is 0 Å². The SMILES string of the molecule is C=COCCCCCCOCC1CO1. The number of ether oxygens (including phenoxy) is 3. The molecule has 1 aliphatic heterocycles. The molecule has 0 N–H and O–H groups in total. The Kier molecular flexibility index (Phi) is 6.45. The van der Waals surface area contributed by atoms with E-state index in [-0.39, 0.29) is 0 Å². The Labute approximate surface area is 86.0 Å². The zero-order valence-corrected chi connectivity index (χ0v) is 8.74. The van der Waals surface area contributed by atoms with E-state index < -0.39 is 0 Å². The van der Waals surface area contributed by atoms with Crippen LogP contribution in [0.15, 0.2) is 12.8 Å². The van der Waals surface area contributed by atoms with Crippen molar-refractivity contribution in [3.63, 3.8) is 0 Å². The molecule has 0 saturated carbocycles. The normalized spacial score (nSPS) is 19.3. The van der Waals surface area contributed by atoms with E-state index in [0.29, 0.717) is 6.10 Å². The molecule has 0 bridgehead atoms. The second-order valence-corrected chi connectivity index (χ2v) is 3.48. The third-order valence-corrected chi connectivity index (χ3v) is 2.12. The molecule has 1 heterocycles. The first kappa shape index (κ1) is 11.5. The summed E-state index contributed by atoms with van der Waals surface area (Å²) in [5.74, 6) is 0. The van der Waals surface area contributed by atoms with E-state index in [0.717, 1.165) is 39.3 Å². The summed E-state index contributed by atoms with van der Waals surface area (Å²) in [7, 11) is 0. The van der Waals surface area contributed by atoms with Gasteiger partial charge in [0.15, 0.2) is 0 Å². The lowest BCUT2D eigenvalue weighted by Gasteiger charge is -2.02. The molecule has 0 radical (unpaired) electrons. The molecular formula is C11H20O3. The van der Waals surface area contributed by atoms with Gasteiger partial charge in [0, 0.05) is 6.61 Å². The summed E-state index contributed by atoms with van der Waals surface area (Å²) < 4.78 is 15.5. The first-order chi connectivity index (χ1) is 6.93. The quantitative estimate of drug-likeness (QED) is 0.307. The third kappa shape index (κ3) is 6.92. The lowest BCUT2D eigenvalue weighted by atomic mass is 10.2. The Morgan fingerprint density at radius 1 is 1.21 bits per heavy atom. The lowest BCUT2D eigenvalue weighted by molar-refractivity contribution is 0.112. The van der Waals surface area contributed by atoms with Crippen LogP contribution >= 0.6 is 0 Å². The Morgan fingerprint density at radius 3 is 2.57 bits per heavy atom. The summed E-state index contributed by atoms with van der Waals surface area (Å²) in [5, 5.41) is 0. The fourth-order valence-electron chi connectivity index (χ4n) is 1.21. The second kappa shape index (κ2) is 7.83. The van der Waals surface area contributed by atoms with Crippen molar-refractivity contribution in [2.24, 2.45) is 0 Å². The van der Waals surface area contributed by atoms with Gasteiger partial charge in [0.05, 0.1) is 26.1 Å². The highest BCUT2D eigenvalue weighted by Crippen LogP contribution is 2.09. The molecule has 3 heteroatoms. The highest BCUT2D eigenvalue weighted by atomic mass is 16.6. The predicted octanol–water partition coefficient (Wildman–Crippen LogP) is 2.12. The lowest BCUT2D eigenvalue weighted by Crippen LogP contribution is -2.02. The maximum absolute atomic E-state index is 5.41. The largest absolute Gasteiger partial charge is 0.502 e. The highest BCUT2D eigenvalue weighted by Gasteiger charge is 2.21. The third-order valence-electron chi connectivity index (χ3n) is 2.12. The molecule has 82 valence electrons. The van der Waals surface area contributed by atoms with E-state index in [4.69, 9.17) is 14.2 Å². The summed E-state index contributed by atoms with van der Waals surface area (Å²) in [6.07, 6.45) is 6.57. The summed E-state index contributed by atoms with van der Waals surface area (Å²) in [4.78, 5) is 0. The highest BCUT2D eigenvalue weighted by molar-refractivity contribution is 4.66. The molecule has 0 aromatic heterocycles. The summed E-state index contributed by atoms with van der Waals surface area (Å²) in [6, 6.07) is 0. The Hall–Kier alpha value is -0.540. The summed E-state index contributed by atoms with van der Waals surface area (Å²) in [6.45, 7) is 6.81. The zero-order chi connectivity index (χ0) is 10.1. The second-order valence-electron chi connectivity index (χ2n) is 3.48. The molecule has 3 nitrogen and oxygen atoms in total. The summed E-state index contributed by atoms with van der Waals surface area (Å²) in [5.41, 5.74) is 0. The van der Waals surface area contributed by atoms with Crippen LogP contribution < -0.4 is 0 Å². The number of hydrogen-bond donors (Lipinski definition) is 0. The van der Waals surface area contributed by atoms with E-state index in [1.165, 1.54) is 19.1 Å². The van der Waals surface area contributed by atoms with Crippen molar-refractivity contribution >= 4 is 0 Å². The molecule has 1 unspecified atom stereocenters. The maximum atomic E-state index is 5.41. The van der Waals surface area contributed by atoms with Gasteiger partial charge in [-0.2, -0.15) is 0 Å². The molecule has 14 heavy (non-hydrogen) atoms. The minimum atomic E-state index is 0.399. The van der Waals surface area contributed by atoms with Crippen LogP contribution in [-0.2, 0) is 14.2 Å². The van der Waals surface area contributed by atoms with Crippen molar-refractivity contribution in [1.82, 2.24) is 0 Å². The molecule has 1 saturated heterocycles. The number of epoxide rings is 1. The molecule has 1 fully saturated rings. The van der Waals surface area contributed by atoms with Gasteiger partial charge in [0.2, 0.25) is 0 Å². The van der Waals surface area contributed by atoms with Crippen LogP contribution in [0.25, 0.3) is 0 Å². The standard InChI is InChI=1S/C11H20O3/c1-2-12-7-5-3-4-6-8-13-9-11-10-14-11/h2,11H,1,3-10H2. The number of hydrogen-bond acceptors (Lipinski definition) is 3. The van der Waals surface area contributed by atoms with Gasteiger partial charge < -0.3 is 14.2 Å². The summed E-state index contributed by atoms with van der Waals surface area (Å²) >= 11 is 0. The van der Waals surface area contributed by atoms with E-state index >= 15 is 0 Å². The minimum absolute atomic E-state index is 0.399. The van der Waals surface area contributed by atoms with Gasteiger partial charge in [-0.25, -0.2) is 0 Å². The fourth-order valence-corrected chi connectivity index (χ4v) is 1.21. The molecule has 1 rings (SSSR count). The smallest absolute Gasteiger partial charge is 0.104 e. The van der Waals surface area contributed by atoms with Crippen molar-refractivity contribution in [3.8, 4) is 0 Å². The van der Waals surface area contributed by atoms with Gasteiger partial charge in [-0.15, -0.1) is 0 Å². The molecule has 0 aromatic rings. The van der Waals surface area contributed by atoms with Crippen LogP contribution in [-0.4, -0.2) is 32.5 Å².